The number of aryl methyl sites for hydroxylation is 1. The maximum Gasteiger partial charge on any atom is 0.247 e. The molecule has 1 saturated heterocycles. The van der Waals surface area contributed by atoms with Crippen molar-refractivity contribution in [1.82, 2.24) is 14.5 Å². The molecule has 0 aliphatic carbocycles. The first-order chi connectivity index (χ1) is 18.4. The number of carbonyl (C=O) groups is 2. The van der Waals surface area contributed by atoms with Gasteiger partial charge in [-0.05, 0) is 55.0 Å². The van der Waals surface area contributed by atoms with Crippen LogP contribution in [0.15, 0.2) is 89.8 Å². The molecule has 1 atom stereocenters. The van der Waals surface area contributed by atoms with Crippen molar-refractivity contribution in [2.24, 2.45) is 0 Å². The number of nitrogens with one attached hydrogen (secondary N) is 1. The zero-order chi connectivity index (χ0) is 27.0. The summed E-state index contributed by atoms with van der Waals surface area (Å²) in [6.07, 6.45) is 2.40. The summed E-state index contributed by atoms with van der Waals surface area (Å²) in [6.45, 7) is 3.73. The molecule has 1 fully saturated rings. The Bertz CT molecular complexity index is 1310. The number of benzene rings is 3. The van der Waals surface area contributed by atoms with Crippen LogP contribution in [0, 0.1) is 0 Å². The van der Waals surface area contributed by atoms with Gasteiger partial charge in [-0.1, -0.05) is 72.8 Å². The molecule has 38 heavy (non-hydrogen) atoms. The molecule has 0 spiro atoms. The minimum atomic E-state index is -3.48. The Morgan fingerprint density at radius 1 is 0.868 bits per heavy atom. The van der Waals surface area contributed by atoms with E-state index in [1.807, 2.05) is 67.6 Å². The zero-order valence-corrected chi connectivity index (χ0v) is 22.6. The van der Waals surface area contributed by atoms with Crippen molar-refractivity contribution < 1.29 is 18.0 Å². The summed E-state index contributed by atoms with van der Waals surface area (Å²) in [5, 5.41) is 2.89. The van der Waals surface area contributed by atoms with E-state index in [0.717, 1.165) is 29.5 Å². The normalized spacial score (nSPS) is 14.7. The van der Waals surface area contributed by atoms with Crippen LogP contribution in [0.2, 0.25) is 0 Å². The number of carbonyl (C=O) groups excluding carboxylic acids is 2. The van der Waals surface area contributed by atoms with Gasteiger partial charge in [0.2, 0.25) is 21.8 Å². The molecule has 3 aromatic carbocycles. The van der Waals surface area contributed by atoms with Crippen molar-refractivity contribution in [3.8, 4) is 0 Å². The van der Waals surface area contributed by atoms with Gasteiger partial charge in [0.25, 0.3) is 0 Å². The van der Waals surface area contributed by atoms with Crippen molar-refractivity contribution in [2.45, 2.75) is 50.1 Å². The van der Waals surface area contributed by atoms with Gasteiger partial charge in [-0.25, -0.2) is 8.42 Å². The maximum absolute atomic E-state index is 13.7. The average Bonchev–Trinajstić information content (AvgIpc) is 3.49. The van der Waals surface area contributed by atoms with Crippen molar-refractivity contribution in [1.29, 1.82) is 0 Å². The number of hydrogen-bond donors (Lipinski definition) is 1. The van der Waals surface area contributed by atoms with E-state index in [-0.39, 0.29) is 23.1 Å². The third-order valence-electron chi connectivity index (χ3n) is 6.80. The lowest BCUT2D eigenvalue weighted by Gasteiger charge is -2.31. The molecule has 0 saturated carbocycles. The van der Waals surface area contributed by atoms with E-state index >= 15 is 0 Å². The molecule has 4 rings (SSSR count). The molecule has 2 amide bonds. The average molecular weight is 534 g/mol. The monoisotopic (exact) mass is 533 g/mol. The highest BCUT2D eigenvalue weighted by Gasteiger charge is 2.31. The Kier molecular flexibility index (Phi) is 9.31. The minimum absolute atomic E-state index is 0.150. The highest BCUT2D eigenvalue weighted by atomic mass is 32.2. The number of likely N-dealkylation sites (N-methyl/N-ethyl adjacent to an activating group) is 1. The molecular weight excluding hydrogens is 498 g/mol. The lowest BCUT2D eigenvalue weighted by Crippen LogP contribution is -2.43. The van der Waals surface area contributed by atoms with E-state index in [0.29, 0.717) is 32.6 Å². The SMILES string of the molecule is CCNC(=O)[C@H](c1ccccc1)N(Cc1ccccc1)C(=O)CCc1ccc(S(=O)(=O)N2CCCC2)cc1. The van der Waals surface area contributed by atoms with Gasteiger partial charge in [0, 0.05) is 32.6 Å². The molecule has 200 valence electrons. The number of sulfonamides is 1. The first-order valence-corrected chi connectivity index (χ1v) is 14.6. The van der Waals surface area contributed by atoms with E-state index in [9.17, 15) is 18.0 Å². The predicted octanol–water partition coefficient (Wildman–Crippen LogP) is 4.31. The van der Waals surface area contributed by atoms with E-state index < -0.39 is 16.1 Å². The second kappa shape index (κ2) is 12.8. The lowest BCUT2D eigenvalue weighted by molar-refractivity contribution is -0.141. The van der Waals surface area contributed by atoms with Crippen LogP contribution in [-0.4, -0.2) is 49.1 Å². The van der Waals surface area contributed by atoms with Crippen molar-refractivity contribution >= 4 is 21.8 Å². The molecule has 3 aromatic rings. The molecule has 0 unspecified atom stereocenters. The van der Waals surface area contributed by atoms with Gasteiger partial charge in [0.1, 0.15) is 6.04 Å². The van der Waals surface area contributed by atoms with Crippen LogP contribution in [0.25, 0.3) is 0 Å². The minimum Gasteiger partial charge on any atom is -0.354 e. The van der Waals surface area contributed by atoms with Gasteiger partial charge in [-0.3, -0.25) is 9.59 Å². The quantitative estimate of drug-likeness (QED) is 0.398. The van der Waals surface area contributed by atoms with E-state index in [1.54, 1.807) is 29.2 Å². The third kappa shape index (κ3) is 6.68. The molecule has 1 N–H and O–H groups in total. The number of nitrogens with zero attached hydrogens (tertiary/aromatic N) is 2. The third-order valence-corrected chi connectivity index (χ3v) is 8.71. The summed E-state index contributed by atoms with van der Waals surface area (Å²) in [5.74, 6) is -0.373. The molecule has 8 heteroatoms. The van der Waals surface area contributed by atoms with Crippen LogP contribution in [0.1, 0.15) is 48.9 Å². The first-order valence-electron chi connectivity index (χ1n) is 13.2. The predicted molar refractivity (Wildman–Crippen MR) is 148 cm³/mol. The fraction of sp³-hybridized carbons (Fsp3) is 0.333. The number of rotatable bonds is 11. The second-order valence-electron chi connectivity index (χ2n) is 9.47. The summed E-state index contributed by atoms with van der Waals surface area (Å²) in [4.78, 5) is 28.8. The lowest BCUT2D eigenvalue weighted by atomic mass is 10.0. The standard InChI is InChI=1S/C30H35N3O4S/c1-2-31-30(35)29(26-13-7-4-8-14-26)33(23-25-11-5-3-6-12-25)28(34)20-17-24-15-18-27(19-16-24)38(36,37)32-21-9-10-22-32/h3-8,11-16,18-19,29H,2,9-10,17,20-23H2,1H3,(H,31,35)/t29-/m0/s1. The van der Waals surface area contributed by atoms with E-state index in [1.165, 1.54) is 4.31 Å². The smallest absolute Gasteiger partial charge is 0.247 e. The summed E-state index contributed by atoms with van der Waals surface area (Å²) < 4.78 is 27.2. The fourth-order valence-corrected chi connectivity index (χ4v) is 6.30. The van der Waals surface area contributed by atoms with Gasteiger partial charge >= 0.3 is 0 Å². The Labute approximate surface area is 225 Å². The Morgan fingerprint density at radius 2 is 1.47 bits per heavy atom. The van der Waals surface area contributed by atoms with Crippen molar-refractivity contribution in [3.63, 3.8) is 0 Å². The van der Waals surface area contributed by atoms with Crippen LogP contribution in [0.3, 0.4) is 0 Å². The molecule has 0 bridgehead atoms. The van der Waals surface area contributed by atoms with Gasteiger partial charge in [0.05, 0.1) is 4.90 Å². The zero-order valence-electron chi connectivity index (χ0n) is 21.8. The first kappa shape index (κ1) is 27.5. The fourth-order valence-electron chi connectivity index (χ4n) is 4.78. The number of hydrogen-bond acceptors (Lipinski definition) is 4. The summed E-state index contributed by atoms with van der Waals surface area (Å²) in [7, 11) is -3.48. The van der Waals surface area contributed by atoms with Gasteiger partial charge in [0.15, 0.2) is 0 Å². The van der Waals surface area contributed by atoms with Crippen molar-refractivity contribution in [2.75, 3.05) is 19.6 Å². The van der Waals surface area contributed by atoms with E-state index in [4.69, 9.17) is 0 Å². The van der Waals surface area contributed by atoms with Gasteiger partial charge in [-0.15, -0.1) is 0 Å². The van der Waals surface area contributed by atoms with Crippen LogP contribution >= 0.6 is 0 Å². The second-order valence-corrected chi connectivity index (χ2v) is 11.4. The van der Waals surface area contributed by atoms with Gasteiger partial charge < -0.3 is 10.2 Å². The van der Waals surface area contributed by atoms with E-state index in [2.05, 4.69) is 5.32 Å². The summed E-state index contributed by atoms with van der Waals surface area (Å²) in [6, 6.07) is 25.0. The molecule has 0 aromatic heterocycles. The highest BCUT2D eigenvalue weighted by Crippen LogP contribution is 2.26. The maximum atomic E-state index is 13.7. The van der Waals surface area contributed by atoms with Crippen molar-refractivity contribution in [3.05, 3.63) is 102 Å². The molecule has 0 radical (unpaired) electrons. The highest BCUT2D eigenvalue weighted by molar-refractivity contribution is 7.89. The molecule has 1 heterocycles. The molecular formula is C30H35N3O4S. The largest absolute Gasteiger partial charge is 0.354 e. The molecule has 1 aliphatic rings. The molecule has 7 nitrogen and oxygen atoms in total. The summed E-state index contributed by atoms with van der Waals surface area (Å²) in [5.41, 5.74) is 2.55. The Hall–Kier alpha value is -3.49. The Balaban J connectivity index is 1.54. The van der Waals surface area contributed by atoms with Gasteiger partial charge in [-0.2, -0.15) is 4.31 Å². The molecule has 1 aliphatic heterocycles. The number of amides is 2. The Morgan fingerprint density at radius 3 is 2.08 bits per heavy atom. The topological polar surface area (TPSA) is 86.8 Å². The van der Waals surface area contributed by atoms with Crippen LogP contribution in [0.4, 0.5) is 0 Å². The summed E-state index contributed by atoms with van der Waals surface area (Å²) >= 11 is 0. The van der Waals surface area contributed by atoms with Crippen LogP contribution < -0.4 is 5.32 Å². The van der Waals surface area contributed by atoms with Crippen LogP contribution in [-0.2, 0) is 32.6 Å². The van der Waals surface area contributed by atoms with Crippen LogP contribution in [0.5, 0.6) is 0 Å².